The van der Waals surface area contributed by atoms with Crippen LogP contribution >= 0.6 is 0 Å². The largest absolute Gasteiger partial charge is 0.315 e. The van der Waals surface area contributed by atoms with Crippen LogP contribution in [0.4, 0.5) is 8.78 Å². The number of Topliss-reactive ketones (excluding diaryl/α,β-unsaturated/α-hetero) is 1. The molecule has 18 heavy (non-hydrogen) atoms. The van der Waals surface area contributed by atoms with Crippen molar-refractivity contribution >= 4 is 5.78 Å². The number of hydrogen-bond acceptors (Lipinski definition) is 3. The summed E-state index contributed by atoms with van der Waals surface area (Å²) >= 11 is 0. The Kier molecular flexibility index (Phi) is 3.15. The molecule has 0 saturated heterocycles. The Balaban J connectivity index is 2.31. The van der Waals surface area contributed by atoms with E-state index in [1.54, 1.807) is 6.07 Å². The molecule has 0 saturated carbocycles. The van der Waals surface area contributed by atoms with E-state index in [0.29, 0.717) is 0 Å². The molecular weight excluding hydrogens is 240 g/mol. The topological polar surface area (TPSA) is 58.7 Å². The molecule has 0 aliphatic rings. The number of imidazole rings is 1. The molecule has 0 N–H and O–H groups in total. The van der Waals surface area contributed by atoms with Crippen LogP contribution in [0.5, 0.6) is 0 Å². The van der Waals surface area contributed by atoms with Crippen molar-refractivity contribution in [2.75, 3.05) is 0 Å². The molecule has 1 aromatic carbocycles. The molecule has 90 valence electrons. The Hall–Kier alpha value is -2.55. The first-order chi connectivity index (χ1) is 8.63. The summed E-state index contributed by atoms with van der Waals surface area (Å²) in [6.45, 7) is -0.333. The zero-order valence-corrected chi connectivity index (χ0v) is 9.10. The van der Waals surface area contributed by atoms with Crippen LogP contribution in [0.15, 0.2) is 30.6 Å². The van der Waals surface area contributed by atoms with Crippen molar-refractivity contribution in [2.45, 2.75) is 6.54 Å². The number of hydrogen-bond donors (Lipinski definition) is 0. The Bertz CT molecular complexity index is 623. The van der Waals surface area contributed by atoms with Crippen molar-refractivity contribution < 1.29 is 13.6 Å². The van der Waals surface area contributed by atoms with E-state index in [9.17, 15) is 13.6 Å². The maximum absolute atomic E-state index is 13.4. The second-order valence-electron chi connectivity index (χ2n) is 3.51. The highest BCUT2D eigenvalue weighted by atomic mass is 19.1. The zero-order chi connectivity index (χ0) is 13.1. The van der Waals surface area contributed by atoms with Crippen LogP contribution in [-0.4, -0.2) is 15.3 Å². The predicted octanol–water partition coefficient (Wildman–Crippen LogP) is 1.92. The maximum atomic E-state index is 13.4. The van der Waals surface area contributed by atoms with E-state index in [1.165, 1.54) is 23.0 Å². The first-order valence-electron chi connectivity index (χ1n) is 5.02. The quantitative estimate of drug-likeness (QED) is 0.778. The van der Waals surface area contributed by atoms with Crippen molar-refractivity contribution in [3.8, 4) is 6.07 Å². The lowest BCUT2D eigenvalue weighted by Gasteiger charge is -2.05. The van der Waals surface area contributed by atoms with Crippen LogP contribution in [0.3, 0.4) is 0 Å². The van der Waals surface area contributed by atoms with E-state index in [0.717, 1.165) is 12.1 Å². The number of ketones is 1. The summed E-state index contributed by atoms with van der Waals surface area (Å²) < 4.78 is 28.0. The summed E-state index contributed by atoms with van der Waals surface area (Å²) in [7, 11) is 0. The van der Waals surface area contributed by atoms with Gasteiger partial charge in [0.15, 0.2) is 5.78 Å². The summed E-state index contributed by atoms with van der Waals surface area (Å²) in [5.41, 5.74) is -0.602. The number of halogens is 2. The molecule has 0 aliphatic heterocycles. The first-order valence-corrected chi connectivity index (χ1v) is 5.02. The summed E-state index contributed by atoms with van der Waals surface area (Å²) in [6.07, 6.45) is 2.73. The van der Waals surface area contributed by atoms with Gasteiger partial charge in [-0.15, -0.1) is 0 Å². The maximum Gasteiger partial charge on any atom is 0.213 e. The predicted molar refractivity (Wildman–Crippen MR) is 57.6 cm³/mol. The van der Waals surface area contributed by atoms with E-state index in [-0.39, 0.29) is 12.4 Å². The van der Waals surface area contributed by atoms with Gasteiger partial charge in [0.1, 0.15) is 17.7 Å². The molecular formula is C12H7F2N3O. The average molecular weight is 247 g/mol. The Labute approximate surface area is 101 Å². The highest BCUT2D eigenvalue weighted by molar-refractivity contribution is 5.96. The minimum atomic E-state index is -0.918. The Morgan fingerprint density at radius 3 is 2.67 bits per heavy atom. The normalized spacial score (nSPS) is 10.1. The second kappa shape index (κ2) is 4.75. The van der Waals surface area contributed by atoms with Gasteiger partial charge in [0, 0.05) is 12.4 Å². The Morgan fingerprint density at radius 1 is 1.39 bits per heavy atom. The van der Waals surface area contributed by atoms with Crippen LogP contribution in [0, 0.1) is 23.0 Å². The summed E-state index contributed by atoms with van der Waals surface area (Å²) in [6, 6.07) is 4.97. The molecule has 0 aliphatic carbocycles. The number of nitriles is 1. The van der Waals surface area contributed by atoms with E-state index in [2.05, 4.69) is 4.98 Å². The zero-order valence-electron chi connectivity index (χ0n) is 9.10. The average Bonchev–Trinajstić information content (AvgIpc) is 2.76. The number of carbonyl (C=O) groups is 1. The summed E-state index contributed by atoms with van der Waals surface area (Å²) in [5.74, 6) is -2.57. The number of aromatic nitrogens is 2. The van der Waals surface area contributed by atoms with Crippen molar-refractivity contribution in [3.63, 3.8) is 0 Å². The van der Waals surface area contributed by atoms with Gasteiger partial charge in [-0.25, -0.2) is 13.8 Å². The van der Waals surface area contributed by atoms with Gasteiger partial charge < -0.3 is 4.57 Å². The number of rotatable bonds is 3. The smallest absolute Gasteiger partial charge is 0.213 e. The third kappa shape index (κ3) is 2.11. The number of carbonyl (C=O) groups excluding carboxylic acids is 1. The minimum Gasteiger partial charge on any atom is -0.315 e. The summed E-state index contributed by atoms with van der Waals surface area (Å²) in [4.78, 5) is 15.5. The number of nitrogens with zero attached hydrogens (tertiary/aromatic N) is 3. The van der Waals surface area contributed by atoms with Crippen LogP contribution in [-0.2, 0) is 6.54 Å². The SMILES string of the molecule is N#Cc1nccn1CC(=O)c1c(F)cccc1F. The monoisotopic (exact) mass is 247 g/mol. The molecule has 4 nitrogen and oxygen atoms in total. The molecule has 0 fully saturated rings. The minimum absolute atomic E-state index is 0.0140. The van der Waals surface area contributed by atoms with E-state index in [1.807, 2.05) is 0 Å². The van der Waals surface area contributed by atoms with Crippen LogP contribution in [0.25, 0.3) is 0 Å². The van der Waals surface area contributed by atoms with Gasteiger partial charge in [0.05, 0.1) is 12.1 Å². The van der Waals surface area contributed by atoms with Crippen LogP contribution in [0.1, 0.15) is 16.2 Å². The lowest BCUT2D eigenvalue weighted by atomic mass is 10.1. The van der Waals surface area contributed by atoms with E-state index in [4.69, 9.17) is 5.26 Å². The molecule has 0 atom stereocenters. The third-order valence-corrected chi connectivity index (χ3v) is 2.37. The standard InChI is InChI=1S/C12H7F2N3O/c13-8-2-1-3-9(14)12(8)10(18)7-17-5-4-16-11(17)6-15/h1-5H,7H2. The fourth-order valence-electron chi connectivity index (χ4n) is 1.55. The molecule has 0 spiro atoms. The van der Waals surface area contributed by atoms with Crippen LogP contribution < -0.4 is 0 Å². The molecule has 0 amide bonds. The highest BCUT2D eigenvalue weighted by Gasteiger charge is 2.18. The molecule has 0 radical (unpaired) electrons. The van der Waals surface area contributed by atoms with Gasteiger partial charge in [-0.2, -0.15) is 5.26 Å². The highest BCUT2D eigenvalue weighted by Crippen LogP contribution is 2.14. The van der Waals surface area contributed by atoms with Crippen LogP contribution in [0.2, 0.25) is 0 Å². The van der Waals surface area contributed by atoms with Gasteiger partial charge in [-0.3, -0.25) is 4.79 Å². The molecule has 2 aromatic rings. The van der Waals surface area contributed by atoms with E-state index < -0.39 is 23.0 Å². The molecule has 2 rings (SSSR count). The van der Waals surface area contributed by atoms with Crippen molar-refractivity contribution in [1.82, 2.24) is 9.55 Å². The van der Waals surface area contributed by atoms with Gasteiger partial charge in [0.25, 0.3) is 0 Å². The lowest BCUT2D eigenvalue weighted by Crippen LogP contribution is -2.14. The van der Waals surface area contributed by atoms with Gasteiger partial charge >= 0.3 is 0 Å². The molecule has 1 heterocycles. The van der Waals surface area contributed by atoms with Gasteiger partial charge in [0.2, 0.25) is 5.82 Å². The van der Waals surface area contributed by atoms with Gasteiger partial charge in [-0.05, 0) is 12.1 Å². The molecule has 0 unspecified atom stereocenters. The Morgan fingerprint density at radius 2 is 2.06 bits per heavy atom. The summed E-state index contributed by atoms with van der Waals surface area (Å²) in [5, 5.41) is 8.71. The molecule has 0 bridgehead atoms. The second-order valence-corrected chi connectivity index (χ2v) is 3.51. The number of benzene rings is 1. The first kappa shape index (κ1) is 11.9. The van der Waals surface area contributed by atoms with E-state index >= 15 is 0 Å². The third-order valence-electron chi connectivity index (χ3n) is 2.37. The fourth-order valence-corrected chi connectivity index (χ4v) is 1.55. The fraction of sp³-hybridized carbons (Fsp3) is 0.0833. The van der Waals surface area contributed by atoms with Gasteiger partial charge in [-0.1, -0.05) is 6.07 Å². The van der Waals surface area contributed by atoms with Crippen molar-refractivity contribution in [1.29, 1.82) is 5.26 Å². The molecule has 6 heteroatoms. The van der Waals surface area contributed by atoms with Crippen molar-refractivity contribution in [2.24, 2.45) is 0 Å². The lowest BCUT2D eigenvalue weighted by molar-refractivity contribution is 0.0963. The molecule has 1 aromatic heterocycles. The van der Waals surface area contributed by atoms with Crippen molar-refractivity contribution in [3.05, 3.63) is 53.6 Å².